The Morgan fingerprint density at radius 2 is 1.35 bits per heavy atom. The molecule has 17 heavy (non-hydrogen) atoms. The Kier molecular flexibility index (Phi) is 3.01. The standard InChI is InChI=1S/C16H17F/c1-10-6-5-7-11(2)16(10)14-8-9-15(17)13(4)12(14)3/h5-9H,1-4H3. The third-order valence-corrected chi connectivity index (χ3v) is 3.47. The van der Waals surface area contributed by atoms with Crippen molar-refractivity contribution >= 4 is 0 Å². The molecular formula is C16H17F. The van der Waals surface area contributed by atoms with Gasteiger partial charge in [-0.25, -0.2) is 4.39 Å². The van der Waals surface area contributed by atoms with Crippen molar-refractivity contribution in [2.24, 2.45) is 0 Å². The highest BCUT2D eigenvalue weighted by molar-refractivity contribution is 5.74. The lowest BCUT2D eigenvalue weighted by atomic mass is 9.91. The monoisotopic (exact) mass is 228 g/mol. The molecule has 1 heteroatoms. The molecule has 0 radical (unpaired) electrons. The molecule has 0 aromatic heterocycles. The van der Waals surface area contributed by atoms with Crippen LogP contribution < -0.4 is 0 Å². The first kappa shape index (κ1) is 11.8. The summed E-state index contributed by atoms with van der Waals surface area (Å²) < 4.78 is 13.5. The van der Waals surface area contributed by atoms with Crippen molar-refractivity contribution in [3.05, 3.63) is 58.4 Å². The lowest BCUT2D eigenvalue weighted by molar-refractivity contribution is 0.617. The molecule has 0 amide bonds. The fraction of sp³-hybridized carbons (Fsp3) is 0.250. The second kappa shape index (κ2) is 4.33. The van der Waals surface area contributed by atoms with E-state index in [2.05, 4.69) is 32.0 Å². The van der Waals surface area contributed by atoms with Gasteiger partial charge in [-0.3, -0.25) is 0 Å². The van der Waals surface area contributed by atoms with Gasteiger partial charge < -0.3 is 0 Å². The molecule has 0 nitrogen and oxygen atoms in total. The van der Waals surface area contributed by atoms with Gasteiger partial charge in [-0.15, -0.1) is 0 Å². The van der Waals surface area contributed by atoms with E-state index in [9.17, 15) is 4.39 Å². The number of halogens is 1. The number of benzene rings is 2. The Bertz CT molecular complexity index is 548. The zero-order valence-corrected chi connectivity index (χ0v) is 10.8. The highest BCUT2D eigenvalue weighted by atomic mass is 19.1. The average molecular weight is 228 g/mol. The highest BCUT2D eigenvalue weighted by Gasteiger charge is 2.11. The van der Waals surface area contributed by atoms with E-state index in [1.165, 1.54) is 16.7 Å². The fourth-order valence-corrected chi connectivity index (χ4v) is 2.30. The predicted molar refractivity (Wildman–Crippen MR) is 70.8 cm³/mol. The summed E-state index contributed by atoms with van der Waals surface area (Å²) in [5, 5.41) is 0. The summed E-state index contributed by atoms with van der Waals surface area (Å²) in [5.41, 5.74) is 6.61. The molecule has 0 heterocycles. The summed E-state index contributed by atoms with van der Waals surface area (Å²) in [6, 6.07) is 9.69. The molecule has 2 rings (SSSR count). The maximum atomic E-state index is 13.5. The van der Waals surface area contributed by atoms with Gasteiger partial charge in [0.1, 0.15) is 5.82 Å². The van der Waals surface area contributed by atoms with Crippen LogP contribution >= 0.6 is 0 Å². The first-order valence-corrected chi connectivity index (χ1v) is 5.84. The zero-order valence-electron chi connectivity index (χ0n) is 10.8. The third kappa shape index (κ3) is 1.97. The van der Waals surface area contributed by atoms with E-state index in [1.54, 1.807) is 6.07 Å². The Labute approximate surface area is 102 Å². The Morgan fingerprint density at radius 1 is 0.765 bits per heavy atom. The summed E-state index contributed by atoms with van der Waals surface area (Å²) in [6.07, 6.45) is 0. The Balaban J connectivity index is 2.74. The summed E-state index contributed by atoms with van der Waals surface area (Å²) in [4.78, 5) is 0. The van der Waals surface area contributed by atoms with Gasteiger partial charge in [0.05, 0.1) is 0 Å². The molecule has 0 unspecified atom stereocenters. The minimum atomic E-state index is -0.127. The van der Waals surface area contributed by atoms with Crippen LogP contribution in [0.5, 0.6) is 0 Å². The molecule has 2 aromatic carbocycles. The van der Waals surface area contributed by atoms with Gasteiger partial charge in [0.25, 0.3) is 0 Å². The first-order chi connectivity index (χ1) is 8.02. The van der Waals surface area contributed by atoms with Gasteiger partial charge in [-0.2, -0.15) is 0 Å². The van der Waals surface area contributed by atoms with E-state index >= 15 is 0 Å². The Hall–Kier alpha value is -1.63. The topological polar surface area (TPSA) is 0 Å². The SMILES string of the molecule is Cc1cccc(C)c1-c1ccc(F)c(C)c1C. The van der Waals surface area contributed by atoms with Crippen LogP contribution in [0.15, 0.2) is 30.3 Å². The van der Waals surface area contributed by atoms with E-state index in [4.69, 9.17) is 0 Å². The van der Waals surface area contributed by atoms with Crippen molar-refractivity contribution in [2.45, 2.75) is 27.7 Å². The van der Waals surface area contributed by atoms with Crippen LogP contribution in [0.3, 0.4) is 0 Å². The lowest BCUT2D eigenvalue weighted by Crippen LogP contribution is -1.95. The quantitative estimate of drug-likeness (QED) is 0.662. The minimum Gasteiger partial charge on any atom is -0.207 e. The van der Waals surface area contributed by atoms with Gasteiger partial charge in [-0.1, -0.05) is 24.3 Å². The van der Waals surface area contributed by atoms with Crippen molar-refractivity contribution in [1.29, 1.82) is 0 Å². The van der Waals surface area contributed by atoms with E-state index in [-0.39, 0.29) is 5.82 Å². The molecule has 0 saturated heterocycles. The molecule has 0 fully saturated rings. The molecule has 2 aromatic rings. The summed E-state index contributed by atoms with van der Waals surface area (Å²) >= 11 is 0. The van der Waals surface area contributed by atoms with Gasteiger partial charge >= 0.3 is 0 Å². The van der Waals surface area contributed by atoms with E-state index < -0.39 is 0 Å². The van der Waals surface area contributed by atoms with Crippen molar-refractivity contribution < 1.29 is 4.39 Å². The largest absolute Gasteiger partial charge is 0.207 e. The number of hydrogen-bond donors (Lipinski definition) is 0. The molecule has 0 aliphatic carbocycles. The lowest BCUT2D eigenvalue weighted by Gasteiger charge is -2.14. The van der Waals surface area contributed by atoms with Crippen molar-refractivity contribution in [1.82, 2.24) is 0 Å². The van der Waals surface area contributed by atoms with Gasteiger partial charge in [-0.05, 0) is 67.1 Å². The zero-order chi connectivity index (χ0) is 12.6. The molecule has 0 atom stereocenters. The maximum Gasteiger partial charge on any atom is 0.126 e. The Morgan fingerprint density at radius 3 is 1.94 bits per heavy atom. The van der Waals surface area contributed by atoms with Crippen molar-refractivity contribution in [3.8, 4) is 11.1 Å². The van der Waals surface area contributed by atoms with E-state index in [0.717, 1.165) is 16.7 Å². The number of hydrogen-bond acceptors (Lipinski definition) is 0. The molecule has 0 aliphatic rings. The molecule has 0 N–H and O–H groups in total. The van der Waals surface area contributed by atoms with Crippen LogP contribution in [-0.2, 0) is 0 Å². The average Bonchev–Trinajstić information content (AvgIpc) is 2.29. The van der Waals surface area contributed by atoms with Gasteiger partial charge in [0.15, 0.2) is 0 Å². The van der Waals surface area contributed by atoms with E-state index in [0.29, 0.717) is 0 Å². The van der Waals surface area contributed by atoms with Crippen LogP contribution in [0.25, 0.3) is 11.1 Å². The maximum absolute atomic E-state index is 13.5. The van der Waals surface area contributed by atoms with Crippen LogP contribution in [-0.4, -0.2) is 0 Å². The van der Waals surface area contributed by atoms with Crippen LogP contribution in [0, 0.1) is 33.5 Å². The van der Waals surface area contributed by atoms with Gasteiger partial charge in [0, 0.05) is 0 Å². The molecule has 0 saturated carbocycles. The highest BCUT2D eigenvalue weighted by Crippen LogP contribution is 2.31. The summed E-state index contributed by atoms with van der Waals surface area (Å²) in [6.45, 7) is 8.02. The minimum absolute atomic E-state index is 0.127. The molecule has 0 spiro atoms. The summed E-state index contributed by atoms with van der Waals surface area (Å²) in [5.74, 6) is -0.127. The molecule has 88 valence electrons. The van der Waals surface area contributed by atoms with Crippen LogP contribution in [0.1, 0.15) is 22.3 Å². The van der Waals surface area contributed by atoms with Crippen LogP contribution in [0.2, 0.25) is 0 Å². The summed E-state index contributed by atoms with van der Waals surface area (Å²) in [7, 11) is 0. The second-order valence-corrected chi connectivity index (χ2v) is 4.61. The second-order valence-electron chi connectivity index (χ2n) is 4.61. The molecule has 0 bridgehead atoms. The van der Waals surface area contributed by atoms with Crippen LogP contribution in [0.4, 0.5) is 4.39 Å². The third-order valence-electron chi connectivity index (χ3n) is 3.47. The van der Waals surface area contributed by atoms with Crippen molar-refractivity contribution in [2.75, 3.05) is 0 Å². The predicted octanol–water partition coefficient (Wildman–Crippen LogP) is 4.73. The first-order valence-electron chi connectivity index (χ1n) is 5.84. The fourth-order valence-electron chi connectivity index (χ4n) is 2.30. The normalized spacial score (nSPS) is 10.6. The van der Waals surface area contributed by atoms with E-state index in [1.807, 2.05) is 19.9 Å². The van der Waals surface area contributed by atoms with Crippen molar-refractivity contribution in [3.63, 3.8) is 0 Å². The molecule has 0 aliphatic heterocycles. The smallest absolute Gasteiger partial charge is 0.126 e. The number of rotatable bonds is 1. The molecular weight excluding hydrogens is 211 g/mol. The number of aryl methyl sites for hydroxylation is 2. The van der Waals surface area contributed by atoms with Gasteiger partial charge in [0.2, 0.25) is 0 Å².